The molecule has 0 spiro atoms. The van der Waals surface area contributed by atoms with Crippen LogP contribution in [0.5, 0.6) is 5.75 Å². The monoisotopic (exact) mass is 334 g/mol. The molecule has 1 N–H and O–H groups in total. The Hall–Kier alpha value is -2.81. The van der Waals surface area contributed by atoms with Crippen LogP contribution in [0.25, 0.3) is 10.8 Å². The average molecular weight is 334 g/mol. The van der Waals surface area contributed by atoms with Gasteiger partial charge in [-0.3, -0.25) is 0 Å². The van der Waals surface area contributed by atoms with E-state index in [0.29, 0.717) is 18.1 Å². The molecule has 3 heteroatoms. The molecule has 3 aromatic carbocycles. The van der Waals surface area contributed by atoms with E-state index in [0.717, 1.165) is 16.3 Å². The normalized spacial score (nSPS) is 12.3. The summed E-state index contributed by atoms with van der Waals surface area (Å²) in [6, 6.07) is 21.6. The molecule has 0 bridgehead atoms. The van der Waals surface area contributed by atoms with Gasteiger partial charge in [-0.15, -0.1) is 0 Å². The van der Waals surface area contributed by atoms with Crippen LogP contribution in [0.15, 0.2) is 66.7 Å². The molecule has 0 aliphatic heterocycles. The number of hydrogen-bond donors (Lipinski definition) is 1. The molecule has 0 radical (unpaired) electrons. The Balaban J connectivity index is 1.77. The Morgan fingerprint density at radius 1 is 0.960 bits per heavy atom. The van der Waals surface area contributed by atoms with Gasteiger partial charge in [0.1, 0.15) is 5.75 Å². The van der Waals surface area contributed by atoms with Gasteiger partial charge in [0.25, 0.3) is 0 Å². The van der Waals surface area contributed by atoms with Gasteiger partial charge in [-0.05, 0) is 39.9 Å². The van der Waals surface area contributed by atoms with E-state index in [1.54, 1.807) is 0 Å². The van der Waals surface area contributed by atoms with Gasteiger partial charge in [0.05, 0.1) is 0 Å². The number of ether oxygens (including phenoxy) is 1. The number of carboxylic acids is 1. The van der Waals surface area contributed by atoms with Gasteiger partial charge in [0.2, 0.25) is 0 Å². The first-order valence-electron chi connectivity index (χ1n) is 8.50. The fourth-order valence-corrected chi connectivity index (χ4v) is 2.84. The largest absolute Gasteiger partial charge is 0.478 e. The zero-order valence-electron chi connectivity index (χ0n) is 14.5. The third-order valence-electron chi connectivity index (χ3n) is 4.34. The van der Waals surface area contributed by atoms with Gasteiger partial charge in [0, 0.05) is 6.42 Å². The average Bonchev–Trinajstić information content (AvgIpc) is 2.61. The van der Waals surface area contributed by atoms with E-state index in [9.17, 15) is 9.90 Å². The minimum absolute atomic E-state index is 0.334. The molecule has 128 valence electrons. The quantitative estimate of drug-likeness (QED) is 0.687. The molecular formula is C22H22O3. The van der Waals surface area contributed by atoms with Crippen molar-refractivity contribution in [3.05, 3.63) is 77.9 Å². The third-order valence-corrected chi connectivity index (χ3v) is 4.34. The van der Waals surface area contributed by atoms with Gasteiger partial charge in [-0.25, -0.2) is 4.79 Å². The molecule has 0 saturated carbocycles. The van der Waals surface area contributed by atoms with Crippen LogP contribution in [0.2, 0.25) is 0 Å². The smallest absolute Gasteiger partial charge is 0.345 e. The molecule has 0 amide bonds. The summed E-state index contributed by atoms with van der Waals surface area (Å²) in [4.78, 5) is 11.6. The van der Waals surface area contributed by atoms with Crippen molar-refractivity contribution in [2.45, 2.75) is 32.3 Å². The molecule has 25 heavy (non-hydrogen) atoms. The van der Waals surface area contributed by atoms with Gasteiger partial charge >= 0.3 is 5.97 Å². The van der Waals surface area contributed by atoms with Gasteiger partial charge in [-0.1, -0.05) is 68.4 Å². The van der Waals surface area contributed by atoms with Crippen molar-refractivity contribution in [1.82, 2.24) is 0 Å². The second kappa shape index (κ2) is 7.39. The Morgan fingerprint density at radius 3 is 2.28 bits per heavy atom. The number of rotatable bonds is 6. The lowest BCUT2D eigenvalue weighted by Crippen LogP contribution is -2.29. The molecule has 0 heterocycles. The summed E-state index contributed by atoms with van der Waals surface area (Å²) >= 11 is 0. The van der Waals surface area contributed by atoms with Gasteiger partial charge < -0.3 is 9.84 Å². The molecule has 0 unspecified atom stereocenters. The van der Waals surface area contributed by atoms with Crippen molar-refractivity contribution in [2.75, 3.05) is 0 Å². The molecule has 0 aliphatic rings. The minimum atomic E-state index is -0.957. The van der Waals surface area contributed by atoms with E-state index in [1.807, 2.05) is 54.6 Å². The Morgan fingerprint density at radius 2 is 1.64 bits per heavy atom. The van der Waals surface area contributed by atoms with Crippen LogP contribution < -0.4 is 4.74 Å². The third kappa shape index (κ3) is 4.18. The van der Waals surface area contributed by atoms with Crippen LogP contribution in [0.1, 0.15) is 30.9 Å². The number of aliphatic carboxylic acids is 1. The zero-order chi connectivity index (χ0) is 17.8. The maximum Gasteiger partial charge on any atom is 0.345 e. The lowest BCUT2D eigenvalue weighted by atomic mass is 9.99. The summed E-state index contributed by atoms with van der Waals surface area (Å²) in [5, 5.41) is 11.7. The van der Waals surface area contributed by atoms with E-state index in [1.165, 1.54) is 5.56 Å². The Kier molecular flexibility index (Phi) is 5.03. The first-order chi connectivity index (χ1) is 12.0. The first-order valence-corrected chi connectivity index (χ1v) is 8.50. The molecule has 0 aliphatic carbocycles. The first kappa shape index (κ1) is 17.0. The van der Waals surface area contributed by atoms with Crippen LogP contribution in [0.4, 0.5) is 0 Å². The standard InChI is InChI=1S/C22H22O3/c1-15(2)17-9-7-16(8-10-17)13-21(22(23)24)25-20-12-11-18-5-3-4-6-19(18)14-20/h3-12,14-15,21H,13H2,1-2H3,(H,23,24)/t21-/m0/s1. The predicted octanol–water partition coefficient (Wildman–Crippen LogP) is 5.04. The van der Waals surface area contributed by atoms with Crippen molar-refractivity contribution in [3.8, 4) is 5.75 Å². The predicted molar refractivity (Wildman–Crippen MR) is 100 cm³/mol. The SMILES string of the molecule is CC(C)c1ccc(C[C@H](Oc2ccc3ccccc3c2)C(=O)O)cc1. The van der Waals surface area contributed by atoms with E-state index in [2.05, 4.69) is 26.0 Å². The molecule has 3 rings (SSSR count). The zero-order valence-corrected chi connectivity index (χ0v) is 14.5. The van der Waals surface area contributed by atoms with Crippen LogP contribution in [0.3, 0.4) is 0 Å². The number of fused-ring (bicyclic) bond motifs is 1. The van der Waals surface area contributed by atoms with Gasteiger partial charge in [0.15, 0.2) is 6.10 Å². The Labute approximate surface area is 147 Å². The number of carbonyl (C=O) groups is 1. The summed E-state index contributed by atoms with van der Waals surface area (Å²) in [7, 11) is 0. The van der Waals surface area contributed by atoms with Crippen molar-refractivity contribution < 1.29 is 14.6 Å². The summed E-state index contributed by atoms with van der Waals surface area (Å²) in [6.45, 7) is 4.27. The second-order valence-electron chi connectivity index (χ2n) is 6.55. The van der Waals surface area contributed by atoms with Crippen LogP contribution in [-0.2, 0) is 11.2 Å². The second-order valence-corrected chi connectivity index (χ2v) is 6.55. The highest BCUT2D eigenvalue weighted by atomic mass is 16.5. The van der Waals surface area contributed by atoms with Crippen molar-refractivity contribution in [1.29, 1.82) is 0 Å². The van der Waals surface area contributed by atoms with Crippen LogP contribution in [0, 0.1) is 0 Å². The maximum absolute atomic E-state index is 11.6. The lowest BCUT2D eigenvalue weighted by molar-refractivity contribution is -0.145. The fraction of sp³-hybridized carbons (Fsp3) is 0.227. The van der Waals surface area contributed by atoms with Crippen molar-refractivity contribution >= 4 is 16.7 Å². The fourth-order valence-electron chi connectivity index (χ4n) is 2.84. The minimum Gasteiger partial charge on any atom is -0.478 e. The van der Waals surface area contributed by atoms with E-state index >= 15 is 0 Å². The van der Waals surface area contributed by atoms with E-state index in [4.69, 9.17) is 4.74 Å². The van der Waals surface area contributed by atoms with Gasteiger partial charge in [-0.2, -0.15) is 0 Å². The Bertz CT molecular complexity index is 866. The summed E-state index contributed by atoms with van der Waals surface area (Å²) < 4.78 is 5.77. The van der Waals surface area contributed by atoms with Crippen LogP contribution >= 0.6 is 0 Å². The summed E-state index contributed by atoms with van der Waals surface area (Å²) in [6.07, 6.45) is -0.577. The highest BCUT2D eigenvalue weighted by Gasteiger charge is 2.20. The molecule has 0 saturated heterocycles. The van der Waals surface area contributed by atoms with E-state index < -0.39 is 12.1 Å². The maximum atomic E-state index is 11.6. The molecule has 3 nitrogen and oxygen atoms in total. The molecule has 1 atom stereocenters. The van der Waals surface area contributed by atoms with E-state index in [-0.39, 0.29) is 0 Å². The molecule has 3 aromatic rings. The molecular weight excluding hydrogens is 312 g/mol. The van der Waals surface area contributed by atoms with Crippen molar-refractivity contribution in [3.63, 3.8) is 0 Å². The van der Waals surface area contributed by atoms with Crippen LogP contribution in [-0.4, -0.2) is 17.2 Å². The molecule has 0 aromatic heterocycles. The number of hydrogen-bond acceptors (Lipinski definition) is 2. The summed E-state index contributed by atoms with van der Waals surface area (Å²) in [5.41, 5.74) is 2.20. The number of benzene rings is 3. The summed E-state index contributed by atoms with van der Waals surface area (Å²) in [5.74, 6) is 0.0733. The van der Waals surface area contributed by atoms with Crippen molar-refractivity contribution in [2.24, 2.45) is 0 Å². The lowest BCUT2D eigenvalue weighted by Gasteiger charge is -2.16. The highest BCUT2D eigenvalue weighted by Crippen LogP contribution is 2.23. The topological polar surface area (TPSA) is 46.5 Å². The highest BCUT2D eigenvalue weighted by molar-refractivity contribution is 5.84. The molecule has 0 fully saturated rings. The number of carboxylic acid groups (broad SMARTS) is 1.